The van der Waals surface area contributed by atoms with E-state index in [0.717, 1.165) is 10.5 Å². The first-order valence-electron chi connectivity index (χ1n) is 8.96. The van der Waals surface area contributed by atoms with Crippen LogP contribution in [0.3, 0.4) is 0 Å². The second kappa shape index (κ2) is 8.89. The molecule has 0 bridgehead atoms. The molecule has 10 heteroatoms. The van der Waals surface area contributed by atoms with Gasteiger partial charge in [0.25, 0.3) is 0 Å². The summed E-state index contributed by atoms with van der Waals surface area (Å²) in [4.78, 5) is 19.8. The molecule has 3 rings (SSSR count). The van der Waals surface area contributed by atoms with Crippen LogP contribution in [0.2, 0.25) is 0 Å². The monoisotopic (exact) mass is 472 g/mol. The Hall–Kier alpha value is -2.49. The number of hydrogen-bond acceptors (Lipinski definition) is 4. The molecule has 1 aliphatic heterocycles. The van der Waals surface area contributed by atoms with Crippen molar-refractivity contribution in [2.45, 2.75) is 12.6 Å². The van der Waals surface area contributed by atoms with E-state index in [1.54, 1.807) is 28.0 Å². The summed E-state index contributed by atoms with van der Waals surface area (Å²) < 4.78 is 45.9. The zero-order chi connectivity index (χ0) is 21.0. The molecule has 29 heavy (non-hydrogen) atoms. The van der Waals surface area contributed by atoms with Gasteiger partial charge in [-0.3, -0.25) is 0 Å². The largest absolute Gasteiger partial charge is 0.495 e. The number of methoxy groups -OCH3 is 1. The minimum atomic E-state index is -4.48. The van der Waals surface area contributed by atoms with Gasteiger partial charge in [-0.1, -0.05) is 15.9 Å². The number of halogens is 4. The fraction of sp³-hybridized carbons (Fsp3) is 0.368. The highest BCUT2D eigenvalue weighted by molar-refractivity contribution is 9.10. The van der Waals surface area contributed by atoms with E-state index in [1.165, 1.54) is 19.4 Å². The van der Waals surface area contributed by atoms with Crippen LogP contribution in [-0.4, -0.2) is 49.2 Å². The van der Waals surface area contributed by atoms with E-state index in [-0.39, 0.29) is 24.9 Å². The third-order valence-electron chi connectivity index (χ3n) is 4.58. The topological polar surface area (TPSA) is 57.7 Å². The Morgan fingerprint density at radius 2 is 2.00 bits per heavy atom. The molecule has 0 aliphatic carbocycles. The number of pyridine rings is 1. The number of hydrogen-bond donors (Lipinski definition) is 1. The number of urea groups is 1. The first kappa shape index (κ1) is 21.2. The van der Waals surface area contributed by atoms with Gasteiger partial charge in [0.2, 0.25) is 0 Å². The summed E-state index contributed by atoms with van der Waals surface area (Å²) in [6.45, 7) is 1.33. The minimum Gasteiger partial charge on any atom is -0.495 e. The normalized spacial score (nSPS) is 15.1. The molecule has 2 amide bonds. The molecule has 0 radical (unpaired) electrons. The number of benzene rings is 1. The van der Waals surface area contributed by atoms with Crippen molar-refractivity contribution in [1.82, 2.24) is 9.88 Å². The molecule has 1 aromatic carbocycles. The molecule has 1 saturated heterocycles. The molecule has 1 fully saturated rings. The highest BCUT2D eigenvalue weighted by Gasteiger charge is 2.36. The average molecular weight is 473 g/mol. The lowest BCUT2D eigenvalue weighted by atomic mass is 10.2. The molecule has 1 N–H and O–H groups in total. The number of ether oxygens (including phenoxy) is 1. The first-order valence-corrected chi connectivity index (χ1v) is 9.75. The van der Waals surface area contributed by atoms with Crippen LogP contribution in [0, 0.1) is 0 Å². The molecular formula is C19H20BrF3N4O2. The second-order valence-corrected chi connectivity index (χ2v) is 7.39. The number of anilines is 2. The number of alkyl halides is 3. The van der Waals surface area contributed by atoms with Crippen LogP contribution in [-0.2, 0) is 6.18 Å². The van der Waals surface area contributed by atoms with Crippen molar-refractivity contribution in [3.05, 3.63) is 46.6 Å². The Morgan fingerprint density at radius 1 is 1.21 bits per heavy atom. The van der Waals surface area contributed by atoms with E-state index in [2.05, 4.69) is 26.2 Å². The highest BCUT2D eigenvalue weighted by Crippen LogP contribution is 2.35. The maximum atomic E-state index is 13.3. The molecular weight excluding hydrogens is 453 g/mol. The van der Waals surface area contributed by atoms with Crippen LogP contribution in [0.4, 0.5) is 29.5 Å². The summed E-state index contributed by atoms with van der Waals surface area (Å²) >= 11 is 3.35. The lowest BCUT2D eigenvalue weighted by Gasteiger charge is -2.25. The maximum Gasteiger partial charge on any atom is 0.419 e. The van der Waals surface area contributed by atoms with Crippen LogP contribution < -0.4 is 15.0 Å². The summed E-state index contributed by atoms with van der Waals surface area (Å²) in [6, 6.07) is 7.21. The first-order chi connectivity index (χ1) is 13.8. The Labute approximate surface area is 174 Å². The maximum absolute atomic E-state index is 13.3. The van der Waals surface area contributed by atoms with Gasteiger partial charge in [-0.25, -0.2) is 9.78 Å². The van der Waals surface area contributed by atoms with Crippen molar-refractivity contribution in [1.29, 1.82) is 0 Å². The fourth-order valence-corrected chi connectivity index (χ4v) is 3.54. The van der Waals surface area contributed by atoms with Crippen LogP contribution in [0.25, 0.3) is 0 Å². The van der Waals surface area contributed by atoms with Crippen LogP contribution >= 0.6 is 15.9 Å². The van der Waals surface area contributed by atoms with E-state index in [1.807, 2.05) is 0 Å². The Kier molecular flexibility index (Phi) is 6.51. The minimum absolute atomic E-state index is 0.101. The predicted molar refractivity (Wildman–Crippen MR) is 107 cm³/mol. The van der Waals surface area contributed by atoms with Crippen molar-refractivity contribution in [2.24, 2.45) is 0 Å². The summed E-state index contributed by atoms with van der Waals surface area (Å²) in [7, 11) is 1.51. The average Bonchev–Trinajstić information content (AvgIpc) is 2.94. The quantitative estimate of drug-likeness (QED) is 0.708. The summed E-state index contributed by atoms with van der Waals surface area (Å²) in [5, 5.41) is 2.81. The molecule has 156 valence electrons. The van der Waals surface area contributed by atoms with E-state index >= 15 is 0 Å². The van der Waals surface area contributed by atoms with E-state index in [9.17, 15) is 18.0 Å². The molecule has 0 spiro atoms. The Morgan fingerprint density at radius 3 is 2.72 bits per heavy atom. The van der Waals surface area contributed by atoms with Gasteiger partial charge in [-0.15, -0.1) is 0 Å². The number of nitrogens with zero attached hydrogens (tertiary/aromatic N) is 3. The predicted octanol–water partition coefficient (Wildman–Crippen LogP) is 4.62. The van der Waals surface area contributed by atoms with Crippen LogP contribution in [0.15, 0.2) is 41.0 Å². The zero-order valence-corrected chi connectivity index (χ0v) is 17.3. The van der Waals surface area contributed by atoms with Gasteiger partial charge in [0.05, 0.1) is 18.4 Å². The van der Waals surface area contributed by atoms with Crippen LogP contribution in [0.5, 0.6) is 5.75 Å². The molecule has 1 aliphatic rings. The smallest absolute Gasteiger partial charge is 0.419 e. The molecule has 0 atom stereocenters. The zero-order valence-electron chi connectivity index (χ0n) is 15.7. The fourth-order valence-electron chi connectivity index (χ4n) is 3.17. The molecule has 0 saturated carbocycles. The van der Waals surface area contributed by atoms with Gasteiger partial charge < -0.3 is 19.9 Å². The number of amides is 2. The number of carbonyl (C=O) groups excluding carboxylic acids is 1. The van der Waals surface area contributed by atoms with Crippen molar-refractivity contribution in [3.8, 4) is 5.75 Å². The number of rotatable bonds is 3. The Bertz CT molecular complexity index is 879. The van der Waals surface area contributed by atoms with Gasteiger partial charge in [0.15, 0.2) is 0 Å². The SMILES string of the molecule is COc1ccc(Br)cc1NC(=O)N1CCCN(c2ncccc2C(F)(F)F)CC1. The van der Waals surface area contributed by atoms with E-state index in [4.69, 9.17) is 4.74 Å². The van der Waals surface area contributed by atoms with Crippen LogP contribution in [0.1, 0.15) is 12.0 Å². The molecule has 2 aromatic rings. The number of carbonyl (C=O) groups is 1. The molecule has 0 unspecified atom stereocenters. The van der Waals surface area contributed by atoms with Crippen molar-refractivity contribution in [3.63, 3.8) is 0 Å². The standard InChI is InChI=1S/C19H20BrF3N4O2/c1-29-16-6-5-13(20)12-15(16)25-18(28)27-9-3-8-26(10-11-27)17-14(19(21,22)23)4-2-7-24-17/h2,4-7,12H,3,8-11H2,1H3,(H,25,28). The molecule has 2 heterocycles. The third-order valence-corrected chi connectivity index (χ3v) is 5.07. The van der Waals surface area contributed by atoms with E-state index < -0.39 is 11.7 Å². The lowest BCUT2D eigenvalue weighted by molar-refractivity contribution is -0.137. The lowest BCUT2D eigenvalue weighted by Crippen LogP contribution is -2.38. The number of nitrogens with one attached hydrogen (secondary N) is 1. The van der Waals surface area contributed by atoms with Gasteiger partial charge in [0, 0.05) is 36.8 Å². The summed E-state index contributed by atoms with van der Waals surface area (Å²) in [5.41, 5.74) is -0.256. The summed E-state index contributed by atoms with van der Waals surface area (Å²) in [5.74, 6) is 0.414. The second-order valence-electron chi connectivity index (χ2n) is 6.47. The highest BCUT2D eigenvalue weighted by atomic mass is 79.9. The van der Waals surface area contributed by atoms with Gasteiger partial charge in [-0.2, -0.15) is 13.2 Å². The van der Waals surface area contributed by atoms with Crippen molar-refractivity contribution < 1.29 is 22.7 Å². The summed E-state index contributed by atoms with van der Waals surface area (Å²) in [6.07, 6.45) is -2.61. The Balaban J connectivity index is 1.71. The van der Waals surface area contributed by atoms with Gasteiger partial charge >= 0.3 is 12.2 Å². The van der Waals surface area contributed by atoms with E-state index in [0.29, 0.717) is 30.9 Å². The van der Waals surface area contributed by atoms with Gasteiger partial charge in [0.1, 0.15) is 11.6 Å². The molecule has 6 nitrogen and oxygen atoms in total. The third kappa shape index (κ3) is 5.11. The number of aromatic nitrogens is 1. The van der Waals surface area contributed by atoms with Crippen molar-refractivity contribution in [2.75, 3.05) is 43.5 Å². The van der Waals surface area contributed by atoms with Gasteiger partial charge in [-0.05, 0) is 36.8 Å². The molecule has 1 aromatic heterocycles. The van der Waals surface area contributed by atoms with Crippen molar-refractivity contribution >= 4 is 33.5 Å².